The summed E-state index contributed by atoms with van der Waals surface area (Å²) in [7, 11) is 0. The summed E-state index contributed by atoms with van der Waals surface area (Å²) < 4.78 is 5.30. The van der Waals surface area contributed by atoms with Crippen molar-refractivity contribution in [1.29, 1.82) is 0 Å². The number of carboxylic acids is 1. The number of esters is 1. The van der Waals surface area contributed by atoms with E-state index in [2.05, 4.69) is 31.2 Å². The molecular weight excluding hydrogens is 376 g/mol. The number of carboxylic acid groups (broad SMARTS) is 1. The van der Waals surface area contributed by atoms with Crippen LogP contribution in [-0.4, -0.2) is 23.1 Å². The van der Waals surface area contributed by atoms with Crippen molar-refractivity contribution in [2.45, 2.75) is 129 Å². The van der Waals surface area contributed by atoms with E-state index >= 15 is 0 Å². The van der Waals surface area contributed by atoms with Crippen LogP contribution in [0.1, 0.15) is 123 Å². The van der Waals surface area contributed by atoms with Gasteiger partial charge in [0, 0.05) is 6.42 Å². The minimum Gasteiger partial charge on any atom is -0.481 e. The Morgan fingerprint density at radius 2 is 1.33 bits per heavy atom. The lowest BCUT2D eigenvalue weighted by atomic mass is 10.1. The standard InChI is InChI=1S/C26H46O4/c1-3-5-6-7-8-9-10-11-12-13-14-15-16-17-18-19-20-22-26(29)30-24(21-4-2)23-25(27)28/h8-9,11-12,24H,3-7,10,13-23H2,1-2H3,(H,27,28)/b9-8-,12-11-. The van der Waals surface area contributed by atoms with Gasteiger partial charge in [-0.25, -0.2) is 0 Å². The van der Waals surface area contributed by atoms with Crippen molar-refractivity contribution < 1.29 is 19.4 Å². The highest BCUT2D eigenvalue weighted by atomic mass is 16.5. The second-order valence-corrected chi connectivity index (χ2v) is 8.19. The Kier molecular flexibility index (Phi) is 20.9. The van der Waals surface area contributed by atoms with Crippen LogP contribution in [0.4, 0.5) is 0 Å². The lowest BCUT2D eigenvalue weighted by Gasteiger charge is -2.15. The first-order valence-electron chi connectivity index (χ1n) is 12.3. The first-order valence-corrected chi connectivity index (χ1v) is 12.3. The molecule has 0 saturated carbocycles. The van der Waals surface area contributed by atoms with Gasteiger partial charge >= 0.3 is 11.9 Å². The Hall–Kier alpha value is -1.58. The number of ether oxygens (including phenoxy) is 1. The predicted molar refractivity (Wildman–Crippen MR) is 126 cm³/mol. The maximum Gasteiger partial charge on any atom is 0.307 e. The number of allylic oxidation sites excluding steroid dienone is 4. The molecule has 30 heavy (non-hydrogen) atoms. The van der Waals surface area contributed by atoms with Crippen LogP contribution in [0.2, 0.25) is 0 Å². The highest BCUT2D eigenvalue weighted by Crippen LogP contribution is 2.13. The van der Waals surface area contributed by atoms with Gasteiger partial charge in [-0.2, -0.15) is 0 Å². The minimum absolute atomic E-state index is 0.0927. The molecule has 0 aliphatic heterocycles. The summed E-state index contributed by atoms with van der Waals surface area (Å²) in [5, 5.41) is 8.86. The maximum absolute atomic E-state index is 11.8. The first-order chi connectivity index (χ1) is 14.6. The predicted octanol–water partition coefficient (Wildman–Crippen LogP) is 7.77. The van der Waals surface area contributed by atoms with Gasteiger partial charge in [0.2, 0.25) is 0 Å². The van der Waals surface area contributed by atoms with Crippen molar-refractivity contribution in [1.82, 2.24) is 0 Å². The monoisotopic (exact) mass is 422 g/mol. The molecule has 0 aliphatic rings. The van der Waals surface area contributed by atoms with Crippen molar-refractivity contribution in [3.63, 3.8) is 0 Å². The van der Waals surface area contributed by atoms with E-state index < -0.39 is 12.1 Å². The molecule has 0 saturated heterocycles. The molecule has 4 heteroatoms. The molecule has 0 spiro atoms. The van der Waals surface area contributed by atoms with Gasteiger partial charge in [-0.15, -0.1) is 0 Å². The van der Waals surface area contributed by atoms with Crippen LogP contribution in [0.3, 0.4) is 0 Å². The molecule has 0 aromatic rings. The third-order valence-electron chi connectivity index (χ3n) is 5.14. The molecule has 1 unspecified atom stereocenters. The van der Waals surface area contributed by atoms with Crippen LogP contribution >= 0.6 is 0 Å². The van der Waals surface area contributed by atoms with E-state index in [1.54, 1.807) is 0 Å². The Balaban J connectivity index is 3.47. The lowest BCUT2D eigenvalue weighted by Crippen LogP contribution is -2.21. The van der Waals surface area contributed by atoms with Gasteiger partial charge in [-0.3, -0.25) is 9.59 Å². The number of hydrogen-bond acceptors (Lipinski definition) is 3. The summed E-state index contributed by atoms with van der Waals surface area (Å²) >= 11 is 0. The number of hydrogen-bond donors (Lipinski definition) is 1. The van der Waals surface area contributed by atoms with Crippen LogP contribution in [0.15, 0.2) is 24.3 Å². The Labute approximate surface area is 185 Å². The molecule has 0 heterocycles. The number of rotatable bonds is 21. The molecule has 0 aromatic heterocycles. The maximum atomic E-state index is 11.8. The third-order valence-corrected chi connectivity index (χ3v) is 5.14. The fourth-order valence-electron chi connectivity index (χ4n) is 3.40. The number of aliphatic carboxylic acids is 1. The fourth-order valence-corrected chi connectivity index (χ4v) is 3.40. The van der Waals surface area contributed by atoms with E-state index in [1.165, 1.54) is 57.8 Å². The molecule has 4 nitrogen and oxygen atoms in total. The van der Waals surface area contributed by atoms with Crippen LogP contribution in [0, 0.1) is 0 Å². The van der Waals surface area contributed by atoms with E-state index in [9.17, 15) is 9.59 Å². The second kappa shape index (κ2) is 22.1. The molecule has 0 rings (SSSR count). The van der Waals surface area contributed by atoms with Gasteiger partial charge < -0.3 is 9.84 Å². The molecule has 0 radical (unpaired) electrons. The van der Waals surface area contributed by atoms with Crippen molar-refractivity contribution >= 4 is 11.9 Å². The molecule has 1 atom stereocenters. The number of unbranched alkanes of at least 4 members (excludes halogenated alkanes) is 10. The zero-order valence-corrected chi connectivity index (χ0v) is 19.6. The molecule has 174 valence electrons. The third kappa shape index (κ3) is 21.1. The second-order valence-electron chi connectivity index (χ2n) is 8.19. The zero-order valence-electron chi connectivity index (χ0n) is 19.6. The summed E-state index contributed by atoms with van der Waals surface area (Å²) in [6.45, 7) is 4.20. The van der Waals surface area contributed by atoms with E-state index in [1.807, 2.05) is 6.92 Å². The van der Waals surface area contributed by atoms with Crippen molar-refractivity contribution in [3.05, 3.63) is 24.3 Å². The Morgan fingerprint density at radius 1 is 0.767 bits per heavy atom. The fraction of sp³-hybridized carbons (Fsp3) is 0.769. The normalized spacial score (nSPS) is 12.6. The van der Waals surface area contributed by atoms with Crippen LogP contribution < -0.4 is 0 Å². The van der Waals surface area contributed by atoms with Crippen LogP contribution in [-0.2, 0) is 14.3 Å². The SMILES string of the molecule is CCCCC/C=C\C/C=C\CCCCCCCCCC(=O)OC(CCC)CC(=O)O. The molecule has 0 aromatic carbocycles. The minimum atomic E-state index is -0.911. The largest absolute Gasteiger partial charge is 0.481 e. The average Bonchev–Trinajstić information content (AvgIpc) is 2.70. The van der Waals surface area contributed by atoms with Gasteiger partial charge in [0.25, 0.3) is 0 Å². The van der Waals surface area contributed by atoms with E-state index in [0.717, 1.165) is 32.1 Å². The van der Waals surface area contributed by atoms with Gasteiger partial charge in [0.05, 0.1) is 6.42 Å². The van der Waals surface area contributed by atoms with E-state index in [0.29, 0.717) is 12.8 Å². The summed E-state index contributed by atoms with van der Waals surface area (Å²) in [4.78, 5) is 22.6. The van der Waals surface area contributed by atoms with Gasteiger partial charge in [-0.1, -0.05) is 89.5 Å². The Bertz CT molecular complexity index is 468. The first kappa shape index (κ1) is 28.4. The summed E-state index contributed by atoms with van der Waals surface area (Å²) in [5.74, 6) is -1.16. The van der Waals surface area contributed by atoms with Crippen LogP contribution in [0.25, 0.3) is 0 Å². The highest BCUT2D eigenvalue weighted by Gasteiger charge is 2.16. The van der Waals surface area contributed by atoms with Gasteiger partial charge in [0.15, 0.2) is 0 Å². The highest BCUT2D eigenvalue weighted by molar-refractivity contribution is 5.71. The smallest absolute Gasteiger partial charge is 0.307 e. The van der Waals surface area contributed by atoms with Crippen molar-refractivity contribution in [3.8, 4) is 0 Å². The van der Waals surface area contributed by atoms with Gasteiger partial charge in [0.1, 0.15) is 6.10 Å². The summed E-state index contributed by atoms with van der Waals surface area (Å²) in [6.07, 6.45) is 25.8. The van der Waals surface area contributed by atoms with Crippen LogP contribution in [0.5, 0.6) is 0 Å². The molecule has 1 N–H and O–H groups in total. The quantitative estimate of drug-likeness (QED) is 0.117. The average molecular weight is 423 g/mol. The topological polar surface area (TPSA) is 63.6 Å². The van der Waals surface area contributed by atoms with Crippen molar-refractivity contribution in [2.24, 2.45) is 0 Å². The molecule has 0 bridgehead atoms. The summed E-state index contributed by atoms with van der Waals surface area (Å²) in [6, 6.07) is 0. The van der Waals surface area contributed by atoms with E-state index in [4.69, 9.17) is 9.84 Å². The lowest BCUT2D eigenvalue weighted by molar-refractivity contribution is -0.153. The number of carbonyl (C=O) groups is 2. The molecular formula is C26H46O4. The molecule has 0 fully saturated rings. The van der Waals surface area contributed by atoms with Crippen molar-refractivity contribution in [2.75, 3.05) is 0 Å². The van der Waals surface area contributed by atoms with E-state index in [-0.39, 0.29) is 12.4 Å². The Morgan fingerprint density at radius 3 is 1.90 bits per heavy atom. The molecule has 0 amide bonds. The molecule has 0 aliphatic carbocycles. The number of carbonyl (C=O) groups excluding carboxylic acids is 1. The van der Waals surface area contributed by atoms with Gasteiger partial charge in [-0.05, 0) is 44.9 Å². The summed E-state index contributed by atoms with van der Waals surface area (Å²) in [5.41, 5.74) is 0. The zero-order chi connectivity index (χ0) is 22.3.